The van der Waals surface area contributed by atoms with Crippen LogP contribution in [0.25, 0.3) is 0 Å². The Hall–Kier alpha value is -2.82. The van der Waals surface area contributed by atoms with Crippen molar-refractivity contribution in [1.29, 1.82) is 0 Å². The maximum atomic E-state index is 13.0. The Morgan fingerprint density at radius 3 is 2.03 bits per heavy atom. The van der Waals surface area contributed by atoms with E-state index in [1.807, 2.05) is 0 Å². The Labute approximate surface area is 179 Å². The molecule has 2 N–H and O–H groups in total. The van der Waals surface area contributed by atoms with Crippen molar-refractivity contribution in [3.8, 4) is 0 Å². The molecule has 1 aliphatic rings. The van der Waals surface area contributed by atoms with Crippen molar-refractivity contribution in [2.75, 3.05) is 0 Å². The molecule has 2 aromatic rings. The number of alkyl halides is 3. The number of ketones is 1. The third kappa shape index (κ3) is 3.94. The van der Waals surface area contributed by atoms with Gasteiger partial charge in [0, 0.05) is 0 Å². The summed E-state index contributed by atoms with van der Waals surface area (Å²) >= 11 is 0. The summed E-state index contributed by atoms with van der Waals surface area (Å²) in [4.78, 5) is 13.0. The van der Waals surface area contributed by atoms with Crippen LogP contribution in [0, 0.1) is 0 Å². The van der Waals surface area contributed by atoms with Crippen molar-refractivity contribution in [3.05, 3.63) is 82.9 Å². The molecule has 0 fully saturated rings. The first kappa shape index (κ1) is 22.9. The molecule has 0 aliphatic carbocycles. The Kier molecular flexibility index (Phi) is 5.46. The Morgan fingerprint density at radius 1 is 0.968 bits per heavy atom. The molecule has 0 spiro atoms. The van der Waals surface area contributed by atoms with Crippen LogP contribution in [0.1, 0.15) is 16.7 Å². The smallest absolute Gasteiger partial charge is 0.416 e. The van der Waals surface area contributed by atoms with E-state index in [1.54, 1.807) is 30.3 Å². The normalized spacial score (nSPS) is 19.9. The number of ether oxygens (including phenoxy) is 1. The van der Waals surface area contributed by atoms with E-state index in [0.717, 1.165) is 24.3 Å². The second-order valence-electron chi connectivity index (χ2n) is 7.65. The lowest BCUT2D eigenvalue weighted by Gasteiger charge is -2.26. The Balaban J connectivity index is 1.91. The van der Waals surface area contributed by atoms with E-state index in [1.165, 1.54) is 23.5 Å². The topological polar surface area (TPSA) is 95.7 Å². The van der Waals surface area contributed by atoms with Crippen LogP contribution in [0.15, 0.2) is 66.2 Å². The predicted octanol–water partition coefficient (Wildman–Crippen LogP) is -0.359. The average molecular weight is 449 g/mol. The quantitative estimate of drug-likeness (QED) is 0.496. The molecule has 3 rings (SSSR count). The first-order valence-corrected chi connectivity index (χ1v) is 10.5. The summed E-state index contributed by atoms with van der Waals surface area (Å²) < 4.78 is 73.3. The predicted molar refractivity (Wildman–Crippen MR) is 114 cm³/mol. The largest absolute Gasteiger partial charge is 0.467 e. The number of rotatable bonds is 5. The number of hydrogen-bond donors (Lipinski definition) is 1. The molecule has 160 valence electrons. The van der Waals surface area contributed by atoms with Gasteiger partial charge in [-0.15, -0.1) is 0 Å². The fraction of sp³-hybridized carbons (Fsp3) is 0.167. The second kappa shape index (κ2) is 7.40. The maximum Gasteiger partial charge on any atom is 0.416 e. The van der Waals surface area contributed by atoms with Crippen LogP contribution in [0.3, 0.4) is 0 Å². The van der Waals surface area contributed by atoms with Crippen molar-refractivity contribution < 1.29 is 35.3 Å². The number of hydrogen-bond acceptors (Lipinski definition) is 6. The molecule has 1 unspecified atom stereocenters. The molecule has 0 saturated carbocycles. The summed E-state index contributed by atoms with van der Waals surface area (Å²) in [6.07, 6.45) is -4.55. The maximum absolute atomic E-state index is 13.0. The number of nitrogens with two attached hydrogens (primary N) is 1. The molecular weight excluding hydrogens is 432 g/mol. The highest BCUT2D eigenvalue weighted by atomic mass is 32.2. The molecule has 0 saturated heterocycles. The highest BCUT2D eigenvalue weighted by molar-refractivity contribution is 7.90. The van der Waals surface area contributed by atoms with Gasteiger partial charge in [0.05, 0.1) is 10.1 Å². The van der Waals surface area contributed by atoms with E-state index >= 15 is 0 Å². The van der Waals surface area contributed by atoms with Crippen LogP contribution in [0.2, 0.25) is 0 Å². The standard InChI is InChI=1S/C18H17B3F3NO5S/c19-16(10-6-8-12(9-7-10)18(22,23)24)14(26)13(15(25)29-16)30-31(27,28)17(20,21)11-4-2-1-3-5-11/h1-9H,19-21,25H2. The van der Waals surface area contributed by atoms with E-state index in [0.29, 0.717) is 5.56 Å². The molecule has 1 aliphatic heterocycles. The zero-order valence-electron chi connectivity index (χ0n) is 16.9. The zero-order chi connectivity index (χ0) is 23.2. The minimum Gasteiger partial charge on any atom is -0.467 e. The molecule has 0 bridgehead atoms. The van der Waals surface area contributed by atoms with Gasteiger partial charge in [0.15, 0.2) is 13.3 Å². The molecule has 0 radical (unpaired) electrons. The van der Waals surface area contributed by atoms with Crippen LogP contribution >= 0.6 is 0 Å². The SMILES string of the molecule is BC1(c2ccc(C(F)(F)F)cc2)OC(N)=C(OS(=O)(=O)C(B)(B)c2ccccc2)C1=O. The van der Waals surface area contributed by atoms with E-state index in [9.17, 15) is 26.4 Å². The summed E-state index contributed by atoms with van der Waals surface area (Å²) in [5.74, 6) is -2.21. The van der Waals surface area contributed by atoms with Gasteiger partial charge in [0.1, 0.15) is 15.7 Å². The lowest BCUT2D eigenvalue weighted by molar-refractivity contribution is -0.137. The lowest BCUT2D eigenvalue weighted by atomic mass is 9.65. The van der Waals surface area contributed by atoms with Gasteiger partial charge in [-0.2, -0.15) is 21.6 Å². The molecule has 0 amide bonds. The minimum absolute atomic E-state index is 0.0618. The van der Waals surface area contributed by atoms with Gasteiger partial charge in [-0.25, -0.2) is 0 Å². The van der Waals surface area contributed by atoms with Crippen molar-refractivity contribution >= 4 is 39.4 Å². The summed E-state index contributed by atoms with van der Waals surface area (Å²) in [5.41, 5.74) is 3.48. The van der Waals surface area contributed by atoms with Crippen molar-refractivity contribution in [2.24, 2.45) is 5.73 Å². The fourth-order valence-electron chi connectivity index (χ4n) is 3.09. The van der Waals surface area contributed by atoms with Gasteiger partial charge in [0.2, 0.25) is 17.4 Å². The first-order valence-electron chi connectivity index (χ1n) is 9.11. The molecule has 6 nitrogen and oxygen atoms in total. The summed E-state index contributed by atoms with van der Waals surface area (Å²) in [7, 11) is -0.321. The van der Waals surface area contributed by atoms with Gasteiger partial charge >= 0.3 is 16.3 Å². The highest BCUT2D eigenvalue weighted by Gasteiger charge is 2.51. The van der Waals surface area contributed by atoms with Gasteiger partial charge in [-0.05, 0) is 23.3 Å². The van der Waals surface area contributed by atoms with Crippen molar-refractivity contribution in [3.63, 3.8) is 0 Å². The number of carbonyl (C=O) groups excluding carboxylic acids is 1. The van der Waals surface area contributed by atoms with Crippen LogP contribution in [0.4, 0.5) is 13.2 Å². The minimum atomic E-state index is -4.55. The summed E-state index contributed by atoms with van der Waals surface area (Å²) in [6, 6.07) is 12.0. The third-order valence-corrected chi connectivity index (χ3v) is 7.10. The monoisotopic (exact) mass is 449 g/mol. The van der Waals surface area contributed by atoms with Crippen LogP contribution in [-0.2, 0) is 40.1 Å². The molecule has 31 heavy (non-hydrogen) atoms. The molecular formula is C18H17B3F3NO5S. The summed E-state index contributed by atoms with van der Waals surface area (Å²) in [5, 5.41) is 0. The van der Waals surface area contributed by atoms with Crippen LogP contribution < -0.4 is 5.73 Å². The number of carbonyl (C=O) groups is 1. The molecule has 2 aromatic carbocycles. The lowest BCUT2D eigenvalue weighted by Crippen LogP contribution is -2.40. The fourth-order valence-corrected chi connectivity index (χ4v) is 4.10. The molecule has 1 heterocycles. The van der Waals surface area contributed by atoms with Gasteiger partial charge < -0.3 is 14.7 Å². The Morgan fingerprint density at radius 2 is 1.52 bits per heavy atom. The van der Waals surface area contributed by atoms with E-state index in [2.05, 4.69) is 0 Å². The van der Waals surface area contributed by atoms with E-state index < -0.39 is 49.3 Å². The zero-order valence-corrected chi connectivity index (χ0v) is 17.7. The van der Waals surface area contributed by atoms with Crippen molar-refractivity contribution in [1.82, 2.24) is 0 Å². The number of benzene rings is 2. The van der Waals surface area contributed by atoms with Crippen molar-refractivity contribution in [2.45, 2.75) is 16.2 Å². The number of Topliss-reactive ketones (excluding diaryl/α,β-unsaturated/α-hetero) is 1. The Bertz CT molecular complexity index is 1150. The molecule has 0 aromatic heterocycles. The van der Waals surface area contributed by atoms with E-state index in [4.69, 9.17) is 14.7 Å². The average Bonchev–Trinajstić information content (AvgIpc) is 2.91. The van der Waals surface area contributed by atoms with Crippen LogP contribution in [-0.4, -0.2) is 37.7 Å². The molecule has 1 atom stereocenters. The second-order valence-corrected chi connectivity index (χ2v) is 9.74. The third-order valence-electron chi connectivity index (χ3n) is 5.23. The van der Waals surface area contributed by atoms with Crippen LogP contribution in [0.5, 0.6) is 0 Å². The van der Waals surface area contributed by atoms with E-state index in [-0.39, 0.29) is 5.56 Å². The van der Waals surface area contributed by atoms with Gasteiger partial charge in [-0.3, -0.25) is 4.79 Å². The summed E-state index contributed by atoms with van der Waals surface area (Å²) in [6.45, 7) is 0. The molecule has 13 heteroatoms. The van der Waals surface area contributed by atoms with Gasteiger partial charge in [-0.1, -0.05) is 42.5 Å². The first-order chi connectivity index (χ1) is 14.2. The van der Waals surface area contributed by atoms with Gasteiger partial charge in [0.25, 0.3) is 0 Å². The highest BCUT2D eigenvalue weighted by Crippen LogP contribution is 2.39. The number of halogens is 3.